The summed E-state index contributed by atoms with van der Waals surface area (Å²) in [5.41, 5.74) is 3.39. The lowest BCUT2D eigenvalue weighted by Crippen LogP contribution is -2.41. The summed E-state index contributed by atoms with van der Waals surface area (Å²) in [6, 6.07) is 0.313. The maximum Gasteiger partial charge on any atom is 0.253 e. The van der Waals surface area contributed by atoms with Crippen LogP contribution in [0.2, 0.25) is 0 Å². The highest BCUT2D eigenvalue weighted by Gasteiger charge is 2.23. The molecule has 0 aromatic carbocycles. The molecule has 0 spiro atoms. The van der Waals surface area contributed by atoms with Crippen LogP contribution in [0.1, 0.15) is 69.3 Å². The molecule has 148 valence electrons. The molecule has 2 aromatic heterocycles. The fraction of sp³-hybridized carbons (Fsp3) is 0.700. The molecule has 1 aliphatic rings. The summed E-state index contributed by atoms with van der Waals surface area (Å²) in [5.74, 6) is 1.61. The quantitative estimate of drug-likeness (QED) is 0.728. The highest BCUT2D eigenvalue weighted by molar-refractivity contribution is 7.99. The number of carbonyl (C=O) groups excluding carboxylic acids is 1. The SMILES string of the molecule is CCCCc1c(C)nc2nc(SCC(=O)N[C@H]3CCCC[C@@H]3C)nn2c1C. The number of amides is 1. The number of fused-ring (bicyclic) bond motifs is 1. The van der Waals surface area contributed by atoms with Gasteiger partial charge in [-0.05, 0) is 51.0 Å². The van der Waals surface area contributed by atoms with Crippen LogP contribution in [0.4, 0.5) is 0 Å². The first-order valence-corrected chi connectivity index (χ1v) is 11.1. The predicted octanol–water partition coefficient (Wildman–Crippen LogP) is 3.87. The van der Waals surface area contributed by atoms with Gasteiger partial charge >= 0.3 is 0 Å². The molecule has 0 saturated heterocycles. The van der Waals surface area contributed by atoms with Crippen LogP contribution >= 0.6 is 11.8 Å². The van der Waals surface area contributed by atoms with Gasteiger partial charge in [-0.1, -0.05) is 44.9 Å². The average molecular weight is 390 g/mol. The minimum atomic E-state index is 0.0714. The predicted molar refractivity (Wildman–Crippen MR) is 109 cm³/mol. The Morgan fingerprint density at radius 3 is 2.78 bits per heavy atom. The zero-order valence-corrected chi connectivity index (χ0v) is 17.7. The molecule has 0 bridgehead atoms. The average Bonchev–Trinajstić information content (AvgIpc) is 3.05. The largest absolute Gasteiger partial charge is 0.352 e. The van der Waals surface area contributed by atoms with E-state index in [1.165, 1.54) is 36.6 Å². The molecular weight excluding hydrogens is 358 g/mol. The summed E-state index contributed by atoms with van der Waals surface area (Å²) < 4.78 is 1.82. The number of carbonyl (C=O) groups is 1. The van der Waals surface area contributed by atoms with E-state index in [2.05, 4.69) is 41.2 Å². The molecule has 1 N–H and O–H groups in total. The molecule has 2 aromatic rings. The van der Waals surface area contributed by atoms with Crippen molar-refractivity contribution in [1.82, 2.24) is 24.9 Å². The van der Waals surface area contributed by atoms with Gasteiger partial charge in [0.05, 0.1) is 5.75 Å². The zero-order chi connectivity index (χ0) is 19.4. The van der Waals surface area contributed by atoms with E-state index < -0.39 is 0 Å². The van der Waals surface area contributed by atoms with Crippen LogP contribution in [0.25, 0.3) is 5.78 Å². The Labute approximate surface area is 165 Å². The highest BCUT2D eigenvalue weighted by Crippen LogP contribution is 2.24. The van der Waals surface area contributed by atoms with Crippen molar-refractivity contribution in [2.75, 3.05) is 5.75 Å². The van der Waals surface area contributed by atoms with E-state index in [9.17, 15) is 4.79 Å². The van der Waals surface area contributed by atoms with E-state index in [1.807, 2.05) is 11.4 Å². The summed E-state index contributed by atoms with van der Waals surface area (Å²) in [5, 5.41) is 8.38. The molecule has 1 amide bonds. The lowest BCUT2D eigenvalue weighted by Gasteiger charge is -2.29. The fourth-order valence-electron chi connectivity index (χ4n) is 3.88. The van der Waals surface area contributed by atoms with Crippen LogP contribution < -0.4 is 5.32 Å². The number of rotatable bonds is 7. The normalized spacial score (nSPS) is 20.1. The Hall–Kier alpha value is -1.63. The molecular formula is C20H31N5OS. The van der Waals surface area contributed by atoms with Crippen LogP contribution in [-0.4, -0.2) is 37.3 Å². The lowest BCUT2D eigenvalue weighted by molar-refractivity contribution is -0.119. The van der Waals surface area contributed by atoms with Crippen molar-refractivity contribution in [3.05, 3.63) is 17.0 Å². The Morgan fingerprint density at radius 1 is 1.26 bits per heavy atom. The van der Waals surface area contributed by atoms with Gasteiger partial charge < -0.3 is 5.32 Å². The third kappa shape index (κ3) is 4.81. The van der Waals surface area contributed by atoms with Gasteiger partial charge in [0.1, 0.15) is 0 Å². The van der Waals surface area contributed by atoms with E-state index in [1.54, 1.807) is 0 Å². The van der Waals surface area contributed by atoms with Crippen LogP contribution in [0, 0.1) is 19.8 Å². The minimum Gasteiger partial charge on any atom is -0.352 e. The molecule has 0 aliphatic heterocycles. The molecule has 27 heavy (non-hydrogen) atoms. The first-order chi connectivity index (χ1) is 13.0. The third-order valence-electron chi connectivity index (χ3n) is 5.60. The summed E-state index contributed by atoms with van der Waals surface area (Å²) in [4.78, 5) is 21.5. The third-order valence-corrected chi connectivity index (χ3v) is 6.44. The second-order valence-electron chi connectivity index (χ2n) is 7.70. The maximum atomic E-state index is 12.3. The molecule has 6 nitrogen and oxygen atoms in total. The Balaban J connectivity index is 1.65. The molecule has 3 rings (SSSR count). The lowest BCUT2D eigenvalue weighted by atomic mass is 9.86. The number of hydrogen-bond acceptors (Lipinski definition) is 5. The molecule has 1 saturated carbocycles. The number of nitrogens with one attached hydrogen (secondary N) is 1. The first-order valence-electron chi connectivity index (χ1n) is 10.1. The molecule has 0 radical (unpaired) electrons. The smallest absolute Gasteiger partial charge is 0.253 e. The standard InChI is InChI=1S/C20H31N5OS/c1-5-6-10-16-14(3)21-19-23-20(24-25(19)15(16)4)27-12-18(26)22-17-11-8-7-9-13(17)2/h13,17H,5-12H2,1-4H3,(H,22,26)/t13-,17-/m0/s1. The first kappa shape index (κ1) is 20.1. The fourth-order valence-corrected chi connectivity index (χ4v) is 4.50. The highest BCUT2D eigenvalue weighted by atomic mass is 32.2. The van der Waals surface area contributed by atoms with Crippen molar-refractivity contribution in [3.63, 3.8) is 0 Å². The number of aromatic nitrogens is 4. The van der Waals surface area contributed by atoms with Gasteiger partial charge in [-0.3, -0.25) is 4.79 Å². The van der Waals surface area contributed by atoms with Crippen molar-refractivity contribution >= 4 is 23.4 Å². The van der Waals surface area contributed by atoms with Gasteiger partial charge in [0.15, 0.2) is 0 Å². The number of thioether (sulfide) groups is 1. The second kappa shape index (κ2) is 9.04. The summed E-state index contributed by atoms with van der Waals surface area (Å²) in [7, 11) is 0. The number of unbranched alkanes of at least 4 members (excludes halogenated alkanes) is 1. The van der Waals surface area contributed by atoms with Crippen molar-refractivity contribution in [2.24, 2.45) is 5.92 Å². The minimum absolute atomic E-state index is 0.0714. The van der Waals surface area contributed by atoms with Crippen molar-refractivity contribution in [2.45, 2.75) is 83.8 Å². The molecule has 7 heteroatoms. The Morgan fingerprint density at radius 2 is 2.04 bits per heavy atom. The van der Waals surface area contributed by atoms with Gasteiger partial charge in [-0.15, -0.1) is 5.10 Å². The van der Waals surface area contributed by atoms with Crippen LogP contribution in [0.5, 0.6) is 0 Å². The van der Waals surface area contributed by atoms with Gasteiger partial charge in [0.2, 0.25) is 11.1 Å². The zero-order valence-electron chi connectivity index (χ0n) is 16.9. The number of hydrogen-bond donors (Lipinski definition) is 1. The summed E-state index contributed by atoms with van der Waals surface area (Å²) in [6.07, 6.45) is 8.10. The summed E-state index contributed by atoms with van der Waals surface area (Å²) >= 11 is 1.39. The monoisotopic (exact) mass is 389 g/mol. The van der Waals surface area contributed by atoms with Crippen molar-refractivity contribution in [1.29, 1.82) is 0 Å². The van der Waals surface area contributed by atoms with E-state index in [0.29, 0.717) is 28.6 Å². The van der Waals surface area contributed by atoms with Gasteiger partial charge in [-0.25, -0.2) is 9.50 Å². The molecule has 1 fully saturated rings. The molecule has 0 unspecified atom stereocenters. The van der Waals surface area contributed by atoms with E-state index in [-0.39, 0.29) is 5.91 Å². The topological polar surface area (TPSA) is 72.2 Å². The van der Waals surface area contributed by atoms with Crippen LogP contribution in [0.15, 0.2) is 5.16 Å². The van der Waals surface area contributed by atoms with E-state index in [4.69, 9.17) is 0 Å². The van der Waals surface area contributed by atoms with Crippen LogP contribution in [0.3, 0.4) is 0 Å². The number of nitrogens with zero attached hydrogens (tertiary/aromatic N) is 4. The summed E-state index contributed by atoms with van der Waals surface area (Å²) in [6.45, 7) is 8.54. The molecule has 2 heterocycles. The molecule has 2 atom stereocenters. The maximum absolute atomic E-state index is 12.3. The van der Waals surface area contributed by atoms with Crippen molar-refractivity contribution < 1.29 is 4.79 Å². The number of aryl methyl sites for hydroxylation is 2. The van der Waals surface area contributed by atoms with E-state index in [0.717, 1.165) is 37.1 Å². The van der Waals surface area contributed by atoms with Gasteiger partial charge in [0.25, 0.3) is 5.78 Å². The second-order valence-corrected chi connectivity index (χ2v) is 8.64. The van der Waals surface area contributed by atoms with Crippen molar-refractivity contribution in [3.8, 4) is 0 Å². The Bertz CT molecular complexity index is 803. The van der Waals surface area contributed by atoms with Gasteiger partial charge in [0, 0.05) is 17.4 Å². The van der Waals surface area contributed by atoms with E-state index >= 15 is 0 Å². The Kier molecular flexibility index (Phi) is 6.73. The van der Waals surface area contributed by atoms with Crippen LogP contribution in [-0.2, 0) is 11.2 Å². The van der Waals surface area contributed by atoms with Gasteiger partial charge in [-0.2, -0.15) is 4.98 Å². The molecule has 1 aliphatic carbocycles.